The van der Waals surface area contributed by atoms with Crippen LogP contribution in [0.2, 0.25) is 0 Å². The number of rotatable bonds is 10. The van der Waals surface area contributed by atoms with Crippen LogP contribution in [0.5, 0.6) is 5.75 Å². The highest BCUT2D eigenvalue weighted by Crippen LogP contribution is 2.23. The van der Waals surface area contributed by atoms with Gasteiger partial charge in [-0.05, 0) is 31.2 Å². The molecule has 0 bridgehead atoms. The molecule has 188 valence electrons. The lowest BCUT2D eigenvalue weighted by molar-refractivity contribution is -0.143. The molecule has 0 unspecified atom stereocenters. The van der Waals surface area contributed by atoms with E-state index in [-0.39, 0.29) is 34.1 Å². The van der Waals surface area contributed by atoms with E-state index in [1.807, 2.05) is 0 Å². The summed E-state index contributed by atoms with van der Waals surface area (Å²) in [6.07, 6.45) is 0. The molecule has 0 aliphatic carbocycles. The fourth-order valence-corrected chi connectivity index (χ4v) is 4.50. The lowest BCUT2D eigenvalue weighted by Gasteiger charge is -2.42. The fraction of sp³-hybridized carbons (Fsp3) is 0.316. The van der Waals surface area contributed by atoms with Gasteiger partial charge in [0.05, 0.1) is 6.04 Å². The number of β-lactam (4-membered cyclic amide) rings is 1. The molecule has 1 aliphatic rings. The minimum atomic E-state index is -4.73. The van der Waals surface area contributed by atoms with Crippen LogP contribution >= 0.6 is 11.3 Å². The highest BCUT2D eigenvalue weighted by molar-refractivity contribution is 7.84. The van der Waals surface area contributed by atoms with Crippen molar-refractivity contribution in [2.24, 2.45) is 15.9 Å². The molecule has 0 saturated carbocycles. The average Bonchev–Trinajstić information content (AvgIpc) is 3.24. The van der Waals surface area contributed by atoms with Crippen molar-refractivity contribution in [3.8, 4) is 5.75 Å². The maximum atomic E-state index is 12.8. The first-order chi connectivity index (χ1) is 16.5. The monoisotopic (exact) mass is 525 g/mol. The van der Waals surface area contributed by atoms with Crippen molar-refractivity contribution in [2.45, 2.75) is 19.0 Å². The first kappa shape index (κ1) is 25.9. The molecule has 2 amide bonds. The third kappa shape index (κ3) is 6.03. The van der Waals surface area contributed by atoms with Crippen LogP contribution in [0.15, 0.2) is 39.8 Å². The molecular weight excluding hydrogens is 502 g/mol. The van der Waals surface area contributed by atoms with Gasteiger partial charge < -0.3 is 26.4 Å². The van der Waals surface area contributed by atoms with E-state index in [9.17, 15) is 18.0 Å². The van der Waals surface area contributed by atoms with Crippen molar-refractivity contribution in [1.82, 2.24) is 14.6 Å². The Morgan fingerprint density at radius 2 is 2.00 bits per heavy atom. The molecule has 0 spiro atoms. The highest BCUT2D eigenvalue weighted by atomic mass is 32.2. The van der Waals surface area contributed by atoms with Crippen LogP contribution in [0.4, 0.5) is 5.13 Å². The maximum Gasteiger partial charge on any atom is 0.362 e. The summed E-state index contributed by atoms with van der Waals surface area (Å²) in [5, 5.41) is 7.81. The number of aliphatic imine (C=N–C) groups is 1. The van der Waals surface area contributed by atoms with Crippen molar-refractivity contribution in [3.05, 3.63) is 40.9 Å². The number of benzene rings is 1. The smallest absolute Gasteiger partial charge is 0.362 e. The zero-order valence-corrected chi connectivity index (χ0v) is 20.2. The minimum absolute atomic E-state index is 0.0357. The molecule has 0 radical (unpaired) electrons. The van der Waals surface area contributed by atoms with Gasteiger partial charge in [-0.2, -0.15) is 8.42 Å². The Hall–Kier alpha value is -3.76. The molecule has 1 aromatic heterocycles. The molecule has 1 saturated heterocycles. The number of nitrogens with two attached hydrogens (primary N) is 2. The Kier molecular flexibility index (Phi) is 7.88. The second kappa shape index (κ2) is 10.7. The topological polar surface area (TPSA) is 212 Å². The van der Waals surface area contributed by atoms with Gasteiger partial charge in [0.15, 0.2) is 17.5 Å². The molecule has 14 nitrogen and oxygen atoms in total. The molecule has 2 heterocycles. The van der Waals surface area contributed by atoms with E-state index in [4.69, 9.17) is 25.6 Å². The average molecular weight is 526 g/mol. The number of carbonyl (C=O) groups is 2. The van der Waals surface area contributed by atoms with Crippen LogP contribution < -0.4 is 21.5 Å². The van der Waals surface area contributed by atoms with E-state index in [2.05, 4.69) is 20.4 Å². The van der Waals surface area contributed by atoms with E-state index in [1.54, 1.807) is 31.3 Å². The molecular formula is C19H23N7O7S2. The molecule has 2 aromatic rings. The Bertz CT molecular complexity index is 1260. The number of nitrogen functional groups attached to an aromatic ring is 1. The van der Waals surface area contributed by atoms with Crippen LogP contribution in [0, 0.1) is 0 Å². The molecule has 35 heavy (non-hydrogen) atoms. The normalized spacial score (nSPS) is 18.7. The number of hydrogen-bond donors (Lipinski definition) is 4. The Morgan fingerprint density at radius 3 is 2.54 bits per heavy atom. The maximum absolute atomic E-state index is 12.8. The van der Waals surface area contributed by atoms with Crippen molar-refractivity contribution < 1.29 is 32.1 Å². The molecule has 1 aromatic carbocycles. The van der Waals surface area contributed by atoms with Gasteiger partial charge in [0, 0.05) is 18.0 Å². The summed E-state index contributed by atoms with van der Waals surface area (Å²) in [6, 6.07) is 4.72. The Labute approximate surface area is 204 Å². The summed E-state index contributed by atoms with van der Waals surface area (Å²) in [5.74, 6) is -0.886. The summed E-state index contributed by atoms with van der Waals surface area (Å²) >= 11 is 1.06. The van der Waals surface area contributed by atoms with Gasteiger partial charge in [-0.1, -0.05) is 5.16 Å². The number of aromatic nitrogens is 1. The van der Waals surface area contributed by atoms with Gasteiger partial charge in [-0.15, -0.1) is 11.3 Å². The number of carbonyl (C=O) groups excluding carboxylic acids is 2. The number of nitrogens with one attached hydrogen (secondary N) is 1. The first-order valence-electron chi connectivity index (χ1n) is 10.0. The molecule has 1 fully saturated rings. The quantitative estimate of drug-likeness (QED) is 0.0770. The van der Waals surface area contributed by atoms with Gasteiger partial charge in [0.2, 0.25) is 0 Å². The van der Waals surface area contributed by atoms with Crippen molar-refractivity contribution in [3.63, 3.8) is 0 Å². The van der Waals surface area contributed by atoms with Gasteiger partial charge in [0.25, 0.3) is 11.8 Å². The number of amides is 2. The lowest BCUT2D eigenvalue weighted by atomic mass is 10.0. The Balaban J connectivity index is 1.61. The largest absolute Gasteiger partial charge is 0.490 e. The van der Waals surface area contributed by atoms with Crippen LogP contribution in [0.25, 0.3) is 0 Å². The molecule has 3 rings (SSSR count). The summed E-state index contributed by atoms with van der Waals surface area (Å²) in [5.41, 5.74) is 11.9. The van der Waals surface area contributed by atoms with E-state index in [0.717, 1.165) is 16.9 Å². The molecule has 2 atom stereocenters. The lowest BCUT2D eigenvalue weighted by Crippen LogP contribution is -2.71. The van der Waals surface area contributed by atoms with Crippen molar-refractivity contribution in [2.75, 3.05) is 26.0 Å². The van der Waals surface area contributed by atoms with Gasteiger partial charge in [-0.3, -0.25) is 19.1 Å². The standard InChI is InChI=1S/C19H23N7O7S2/c1-10-14(18(28)26(10)35(29,30)31)24-17(27)15(13-9-34-19(21)23-13)25-33-8-7-32-12-5-3-11(4-6-12)16(20)22-2/h3-6,9-10,14H,7-8H2,1-2H3,(H2,20,22)(H2,21,23)(H,24,27)(H,29,30,31)/b25-15-/t10-,14-/m0/s1. The summed E-state index contributed by atoms with van der Waals surface area (Å²) < 4.78 is 37.4. The third-order valence-corrected chi connectivity index (χ3v) is 6.52. The number of amidine groups is 1. The van der Waals surface area contributed by atoms with Crippen molar-refractivity contribution in [1.29, 1.82) is 0 Å². The number of thiazole rings is 1. The van der Waals surface area contributed by atoms with Crippen LogP contribution in [0.3, 0.4) is 0 Å². The molecule has 16 heteroatoms. The second-order valence-corrected chi connectivity index (χ2v) is 9.31. The van der Waals surface area contributed by atoms with Crippen LogP contribution in [-0.4, -0.2) is 78.0 Å². The summed E-state index contributed by atoms with van der Waals surface area (Å²) in [7, 11) is -3.14. The number of oxime groups is 1. The number of nitrogens with zero attached hydrogens (tertiary/aromatic N) is 4. The van der Waals surface area contributed by atoms with Crippen LogP contribution in [-0.2, 0) is 24.7 Å². The predicted octanol–water partition coefficient (Wildman–Crippen LogP) is -0.622. The SMILES string of the molecule is CN=C(N)c1ccc(OCCO/N=C(\C(=O)N[C@@H]2C(=O)N(S(=O)(=O)O)[C@H]2C)c2csc(N)n2)cc1. The number of hydrogen-bond acceptors (Lipinski definition) is 11. The van der Waals surface area contributed by atoms with E-state index >= 15 is 0 Å². The summed E-state index contributed by atoms with van der Waals surface area (Å²) in [4.78, 5) is 37.9. The number of anilines is 1. The van der Waals surface area contributed by atoms with E-state index in [0.29, 0.717) is 11.6 Å². The Morgan fingerprint density at radius 1 is 1.31 bits per heavy atom. The third-order valence-electron chi connectivity index (χ3n) is 4.84. The van der Waals surface area contributed by atoms with E-state index < -0.39 is 34.2 Å². The van der Waals surface area contributed by atoms with Gasteiger partial charge in [0.1, 0.15) is 29.9 Å². The minimum Gasteiger partial charge on any atom is -0.490 e. The highest BCUT2D eigenvalue weighted by Gasteiger charge is 2.51. The van der Waals surface area contributed by atoms with Gasteiger partial charge >= 0.3 is 10.3 Å². The molecule has 1 aliphatic heterocycles. The van der Waals surface area contributed by atoms with Crippen LogP contribution in [0.1, 0.15) is 18.2 Å². The number of ether oxygens (including phenoxy) is 1. The van der Waals surface area contributed by atoms with Crippen molar-refractivity contribution >= 4 is 50.1 Å². The fourth-order valence-electron chi connectivity index (χ4n) is 3.07. The van der Waals surface area contributed by atoms with Gasteiger partial charge in [-0.25, -0.2) is 9.29 Å². The van der Waals surface area contributed by atoms with E-state index in [1.165, 1.54) is 12.3 Å². The predicted molar refractivity (Wildman–Crippen MR) is 127 cm³/mol. The summed E-state index contributed by atoms with van der Waals surface area (Å²) in [6.45, 7) is 1.41. The zero-order valence-electron chi connectivity index (χ0n) is 18.6. The molecule has 6 N–H and O–H groups in total. The second-order valence-electron chi connectivity index (χ2n) is 7.13. The zero-order chi connectivity index (χ0) is 25.8. The first-order valence-corrected chi connectivity index (χ1v) is 12.3.